The highest BCUT2D eigenvalue weighted by Crippen LogP contribution is 2.25. The Bertz CT molecular complexity index is 938. The minimum Gasteiger partial charge on any atom is -0.349 e. The Balaban J connectivity index is 2.01. The van der Waals surface area contributed by atoms with Crippen molar-refractivity contribution in [3.05, 3.63) is 51.4 Å². The molecule has 3 rings (SSSR count). The third kappa shape index (κ3) is 3.01. The van der Waals surface area contributed by atoms with Crippen molar-refractivity contribution in [2.24, 2.45) is 0 Å². The van der Waals surface area contributed by atoms with E-state index in [9.17, 15) is 4.79 Å². The molecule has 0 bridgehead atoms. The van der Waals surface area contributed by atoms with Gasteiger partial charge in [-0.05, 0) is 39.3 Å². The predicted molar refractivity (Wildman–Crippen MR) is 96.6 cm³/mol. The third-order valence-electron chi connectivity index (χ3n) is 3.80. The predicted octanol–water partition coefficient (Wildman–Crippen LogP) is 3.70. The zero-order chi connectivity index (χ0) is 17.5. The number of H-pyrrole nitrogens is 1. The van der Waals surface area contributed by atoms with Crippen molar-refractivity contribution >= 4 is 28.6 Å². The fourth-order valence-corrected chi connectivity index (χ4v) is 2.89. The molecule has 1 unspecified atom stereocenters. The van der Waals surface area contributed by atoms with Crippen LogP contribution in [0.15, 0.2) is 35.3 Å². The van der Waals surface area contributed by atoms with Crippen molar-refractivity contribution in [1.29, 1.82) is 0 Å². The number of anilines is 1. The number of fused-ring (bicyclic) bond motifs is 1. The average molecular weight is 346 g/mol. The number of hydrogen-bond donors (Lipinski definition) is 2. The molecule has 0 radical (unpaired) electrons. The van der Waals surface area contributed by atoms with E-state index in [4.69, 9.17) is 11.6 Å². The molecular weight excluding hydrogens is 326 g/mol. The maximum Gasteiger partial charge on any atom is 0.263 e. The van der Waals surface area contributed by atoms with Crippen LogP contribution >= 0.6 is 11.6 Å². The standard InChI is InChI=1S/C17H20ClN5O/c1-10(11-7-5-6-8-13(11)18)20-16-21-14-12(15(24)22-16)9-19-23(14)17(2,3)4/h5-10H,1-4H3,(H2,20,21,22,24). The van der Waals surface area contributed by atoms with E-state index in [0.29, 0.717) is 22.0 Å². The van der Waals surface area contributed by atoms with Gasteiger partial charge in [0.1, 0.15) is 5.39 Å². The highest BCUT2D eigenvalue weighted by molar-refractivity contribution is 6.31. The van der Waals surface area contributed by atoms with E-state index in [1.807, 2.05) is 52.0 Å². The minimum absolute atomic E-state index is 0.106. The quantitative estimate of drug-likeness (QED) is 0.758. The Morgan fingerprint density at radius 2 is 2.00 bits per heavy atom. The molecule has 2 N–H and O–H groups in total. The number of rotatable bonds is 3. The summed E-state index contributed by atoms with van der Waals surface area (Å²) in [6.07, 6.45) is 1.55. The van der Waals surface area contributed by atoms with Crippen LogP contribution in [0.5, 0.6) is 0 Å². The monoisotopic (exact) mass is 345 g/mol. The number of nitrogens with zero attached hydrogens (tertiary/aromatic N) is 3. The summed E-state index contributed by atoms with van der Waals surface area (Å²) in [6.45, 7) is 8.01. The molecule has 2 heterocycles. The second-order valence-electron chi connectivity index (χ2n) is 6.77. The molecular formula is C17H20ClN5O. The fourth-order valence-electron chi connectivity index (χ4n) is 2.59. The molecule has 2 aromatic heterocycles. The largest absolute Gasteiger partial charge is 0.349 e. The van der Waals surface area contributed by atoms with Crippen LogP contribution in [0.4, 0.5) is 5.95 Å². The van der Waals surface area contributed by atoms with Crippen LogP contribution in [0, 0.1) is 0 Å². The summed E-state index contributed by atoms with van der Waals surface area (Å²) in [7, 11) is 0. The number of benzene rings is 1. The first-order valence-electron chi connectivity index (χ1n) is 7.77. The molecule has 0 aliphatic heterocycles. The van der Waals surface area contributed by atoms with E-state index in [0.717, 1.165) is 5.56 Å². The highest BCUT2D eigenvalue weighted by Gasteiger charge is 2.20. The topological polar surface area (TPSA) is 75.6 Å². The van der Waals surface area contributed by atoms with Gasteiger partial charge in [0, 0.05) is 5.02 Å². The molecule has 126 valence electrons. The number of aromatic amines is 1. The first kappa shape index (κ1) is 16.5. The maximum atomic E-state index is 12.3. The summed E-state index contributed by atoms with van der Waals surface area (Å²) in [6, 6.07) is 7.48. The molecule has 3 aromatic rings. The zero-order valence-electron chi connectivity index (χ0n) is 14.1. The van der Waals surface area contributed by atoms with E-state index in [-0.39, 0.29) is 17.1 Å². The summed E-state index contributed by atoms with van der Waals surface area (Å²) in [5.41, 5.74) is 1.00. The molecule has 1 atom stereocenters. The van der Waals surface area contributed by atoms with E-state index in [1.165, 1.54) is 0 Å². The van der Waals surface area contributed by atoms with Gasteiger partial charge in [-0.15, -0.1) is 0 Å². The highest BCUT2D eigenvalue weighted by atomic mass is 35.5. The fraction of sp³-hybridized carbons (Fsp3) is 0.353. The first-order valence-corrected chi connectivity index (χ1v) is 8.14. The van der Waals surface area contributed by atoms with Gasteiger partial charge < -0.3 is 5.32 Å². The van der Waals surface area contributed by atoms with Crippen LogP contribution in [0.3, 0.4) is 0 Å². The number of aromatic nitrogens is 4. The maximum absolute atomic E-state index is 12.3. The number of nitrogens with one attached hydrogen (secondary N) is 2. The van der Waals surface area contributed by atoms with Gasteiger partial charge >= 0.3 is 0 Å². The van der Waals surface area contributed by atoms with Gasteiger partial charge in [0.15, 0.2) is 5.65 Å². The molecule has 0 spiro atoms. The number of hydrogen-bond acceptors (Lipinski definition) is 4. The second-order valence-corrected chi connectivity index (χ2v) is 7.17. The molecule has 0 aliphatic rings. The molecule has 0 saturated heterocycles. The Morgan fingerprint density at radius 1 is 1.29 bits per heavy atom. The summed E-state index contributed by atoms with van der Waals surface area (Å²) < 4.78 is 1.75. The van der Waals surface area contributed by atoms with Crippen LogP contribution in [-0.2, 0) is 5.54 Å². The molecule has 0 aliphatic carbocycles. The lowest BCUT2D eigenvalue weighted by atomic mass is 10.1. The second kappa shape index (κ2) is 5.94. The summed E-state index contributed by atoms with van der Waals surface area (Å²) in [5.74, 6) is 0.394. The van der Waals surface area contributed by atoms with Gasteiger partial charge in [-0.2, -0.15) is 10.1 Å². The van der Waals surface area contributed by atoms with Crippen molar-refractivity contribution < 1.29 is 0 Å². The Labute approximate surface area is 144 Å². The SMILES string of the molecule is CC(Nc1nc2c(cnn2C(C)(C)C)c(=O)[nH]1)c1ccccc1Cl. The molecule has 0 fully saturated rings. The lowest BCUT2D eigenvalue weighted by Gasteiger charge is -2.20. The first-order chi connectivity index (χ1) is 11.3. The van der Waals surface area contributed by atoms with Gasteiger partial charge in [0.05, 0.1) is 17.8 Å². The molecule has 0 saturated carbocycles. The molecule has 1 aromatic carbocycles. The van der Waals surface area contributed by atoms with E-state index < -0.39 is 0 Å². The third-order valence-corrected chi connectivity index (χ3v) is 4.14. The van der Waals surface area contributed by atoms with E-state index in [1.54, 1.807) is 10.9 Å². The van der Waals surface area contributed by atoms with Crippen molar-refractivity contribution in [2.75, 3.05) is 5.32 Å². The average Bonchev–Trinajstić information content (AvgIpc) is 2.92. The summed E-state index contributed by atoms with van der Waals surface area (Å²) >= 11 is 6.23. The van der Waals surface area contributed by atoms with Gasteiger partial charge in [-0.1, -0.05) is 29.8 Å². The summed E-state index contributed by atoms with van der Waals surface area (Å²) in [5, 5.41) is 8.65. The van der Waals surface area contributed by atoms with E-state index in [2.05, 4.69) is 20.4 Å². The molecule has 0 amide bonds. The number of halogens is 1. The lowest BCUT2D eigenvalue weighted by Crippen LogP contribution is -2.24. The van der Waals surface area contributed by atoms with Crippen molar-refractivity contribution in [1.82, 2.24) is 19.7 Å². The Morgan fingerprint density at radius 3 is 2.67 bits per heavy atom. The lowest BCUT2D eigenvalue weighted by molar-refractivity contribution is 0.366. The van der Waals surface area contributed by atoms with Crippen LogP contribution < -0.4 is 10.9 Å². The van der Waals surface area contributed by atoms with Crippen molar-refractivity contribution in [3.63, 3.8) is 0 Å². The van der Waals surface area contributed by atoms with Gasteiger partial charge in [-0.3, -0.25) is 9.78 Å². The van der Waals surface area contributed by atoms with Crippen LogP contribution in [0.2, 0.25) is 5.02 Å². The van der Waals surface area contributed by atoms with Gasteiger partial charge in [0.2, 0.25) is 5.95 Å². The van der Waals surface area contributed by atoms with E-state index >= 15 is 0 Å². The van der Waals surface area contributed by atoms with Crippen LogP contribution in [-0.4, -0.2) is 19.7 Å². The smallest absolute Gasteiger partial charge is 0.263 e. The normalized spacial score (nSPS) is 13.2. The molecule has 7 heteroatoms. The van der Waals surface area contributed by atoms with Crippen molar-refractivity contribution in [3.8, 4) is 0 Å². The van der Waals surface area contributed by atoms with Gasteiger partial charge in [0.25, 0.3) is 5.56 Å². The molecule has 24 heavy (non-hydrogen) atoms. The van der Waals surface area contributed by atoms with Crippen LogP contribution in [0.1, 0.15) is 39.3 Å². The molecule has 6 nitrogen and oxygen atoms in total. The van der Waals surface area contributed by atoms with Crippen molar-refractivity contribution in [2.45, 2.75) is 39.3 Å². The zero-order valence-corrected chi connectivity index (χ0v) is 14.8. The van der Waals surface area contributed by atoms with Gasteiger partial charge in [-0.25, -0.2) is 4.68 Å². The Hall–Kier alpha value is -2.34. The summed E-state index contributed by atoms with van der Waals surface area (Å²) in [4.78, 5) is 19.6. The Kier molecular flexibility index (Phi) is 4.09. The van der Waals surface area contributed by atoms with Crippen LogP contribution in [0.25, 0.3) is 11.0 Å². The minimum atomic E-state index is -0.270.